The number of rotatable bonds is 2. The lowest BCUT2D eigenvalue weighted by atomic mass is 9.90. The molecular formula is C24H36O10. The van der Waals surface area contributed by atoms with Crippen molar-refractivity contribution in [2.45, 2.75) is 93.6 Å². The van der Waals surface area contributed by atoms with Crippen molar-refractivity contribution < 1.29 is 50.3 Å². The van der Waals surface area contributed by atoms with Gasteiger partial charge in [0.25, 0.3) is 0 Å². The maximum absolute atomic E-state index is 10.2. The van der Waals surface area contributed by atoms with E-state index in [1.807, 2.05) is 0 Å². The van der Waals surface area contributed by atoms with Crippen LogP contribution < -0.4 is 0 Å². The van der Waals surface area contributed by atoms with Gasteiger partial charge in [-0.05, 0) is 31.6 Å². The second kappa shape index (κ2) is 12.1. The molecule has 0 amide bonds. The molecule has 0 aromatic heterocycles. The lowest BCUT2D eigenvalue weighted by Crippen LogP contribution is -2.58. The maximum Gasteiger partial charge on any atom is 0.147 e. The average Bonchev–Trinajstić information content (AvgIpc) is 3.01. The Morgan fingerprint density at radius 1 is 0.588 bits per heavy atom. The molecule has 10 nitrogen and oxygen atoms in total. The van der Waals surface area contributed by atoms with Gasteiger partial charge < -0.3 is 50.3 Å². The van der Waals surface area contributed by atoms with Gasteiger partial charge in [0.2, 0.25) is 0 Å². The topological polar surface area (TPSA) is 180 Å². The van der Waals surface area contributed by atoms with Crippen molar-refractivity contribution in [1.82, 2.24) is 0 Å². The molecule has 0 spiro atoms. The van der Waals surface area contributed by atoms with E-state index < -0.39 is 74.3 Å². The zero-order valence-electron chi connectivity index (χ0n) is 19.1. The van der Waals surface area contributed by atoms with Crippen LogP contribution in [-0.4, -0.2) is 115 Å². The van der Waals surface area contributed by atoms with E-state index in [4.69, 9.17) is 9.47 Å². The number of hydrogen-bond acceptors (Lipinski definition) is 10. The number of ether oxygens (including phenoxy) is 2. The van der Waals surface area contributed by atoms with Crippen molar-refractivity contribution in [1.29, 1.82) is 0 Å². The summed E-state index contributed by atoms with van der Waals surface area (Å²) in [5.41, 5.74) is 0. The summed E-state index contributed by atoms with van der Waals surface area (Å²) in [6.45, 7) is 1.08. The molecule has 34 heavy (non-hydrogen) atoms. The van der Waals surface area contributed by atoms with E-state index in [1.54, 1.807) is 0 Å². The fourth-order valence-corrected chi connectivity index (χ4v) is 4.74. The summed E-state index contributed by atoms with van der Waals surface area (Å²) in [4.78, 5) is 0. The Kier molecular flexibility index (Phi) is 9.73. The van der Waals surface area contributed by atoms with Gasteiger partial charge in [0, 0.05) is 11.8 Å². The van der Waals surface area contributed by atoms with Gasteiger partial charge in [-0.3, -0.25) is 0 Å². The lowest BCUT2D eigenvalue weighted by Gasteiger charge is -2.38. The molecule has 192 valence electrons. The average molecular weight is 485 g/mol. The van der Waals surface area contributed by atoms with E-state index in [0.29, 0.717) is 12.3 Å². The summed E-state index contributed by atoms with van der Waals surface area (Å²) < 4.78 is 10.9. The van der Waals surface area contributed by atoms with Crippen molar-refractivity contribution in [2.24, 2.45) is 17.8 Å². The van der Waals surface area contributed by atoms with Gasteiger partial charge >= 0.3 is 0 Å². The molecule has 2 heterocycles. The molecule has 2 aliphatic heterocycles. The molecule has 3 rings (SSSR count). The summed E-state index contributed by atoms with van der Waals surface area (Å²) in [7, 11) is 0. The van der Waals surface area contributed by atoms with Crippen LogP contribution in [-0.2, 0) is 9.47 Å². The van der Waals surface area contributed by atoms with Crippen molar-refractivity contribution in [3.63, 3.8) is 0 Å². The van der Waals surface area contributed by atoms with Gasteiger partial charge in [-0.2, -0.15) is 0 Å². The highest BCUT2D eigenvalue weighted by molar-refractivity contribution is 5.18. The molecule has 1 saturated carbocycles. The Morgan fingerprint density at radius 3 is 1.53 bits per heavy atom. The van der Waals surface area contributed by atoms with Crippen LogP contribution in [0.5, 0.6) is 0 Å². The molecule has 3 unspecified atom stereocenters. The Bertz CT molecular complexity index is 780. The molecule has 3 fully saturated rings. The zero-order valence-corrected chi connectivity index (χ0v) is 19.1. The van der Waals surface area contributed by atoms with Crippen molar-refractivity contribution in [3.8, 4) is 23.7 Å². The van der Waals surface area contributed by atoms with Gasteiger partial charge in [-0.1, -0.05) is 30.6 Å². The van der Waals surface area contributed by atoms with Crippen molar-refractivity contribution in [3.05, 3.63) is 0 Å². The second-order valence-electron chi connectivity index (χ2n) is 9.62. The van der Waals surface area contributed by atoms with E-state index in [-0.39, 0.29) is 11.8 Å². The zero-order chi connectivity index (χ0) is 25.0. The summed E-state index contributed by atoms with van der Waals surface area (Å²) in [6.07, 6.45) is -9.64. The number of aliphatic hydroxyl groups is 8. The quantitative estimate of drug-likeness (QED) is 0.150. The fourth-order valence-electron chi connectivity index (χ4n) is 4.74. The normalized spacial score (nSPS) is 47.5. The van der Waals surface area contributed by atoms with E-state index >= 15 is 0 Å². The minimum atomic E-state index is -1.48. The van der Waals surface area contributed by atoms with E-state index in [0.717, 1.165) is 19.3 Å². The highest BCUT2D eigenvalue weighted by Gasteiger charge is 2.44. The number of aliphatic hydroxyl groups excluding tert-OH is 8. The molecule has 0 aromatic carbocycles. The molecule has 3 aliphatic rings. The van der Waals surface area contributed by atoms with Crippen LogP contribution in [0.3, 0.4) is 0 Å². The van der Waals surface area contributed by atoms with Gasteiger partial charge in [-0.25, -0.2) is 0 Å². The highest BCUT2D eigenvalue weighted by atomic mass is 16.5. The molecule has 0 aromatic rings. The highest BCUT2D eigenvalue weighted by Crippen LogP contribution is 2.31. The first kappa shape index (κ1) is 27.3. The van der Waals surface area contributed by atoms with Crippen LogP contribution in [0.1, 0.15) is 32.6 Å². The van der Waals surface area contributed by atoms with E-state index in [1.165, 1.54) is 0 Å². The van der Waals surface area contributed by atoms with Gasteiger partial charge in [-0.15, -0.1) is 0 Å². The second-order valence-corrected chi connectivity index (χ2v) is 9.62. The third-order valence-electron chi connectivity index (χ3n) is 6.91. The van der Waals surface area contributed by atoms with Crippen LogP contribution in [0.2, 0.25) is 0 Å². The van der Waals surface area contributed by atoms with E-state index in [2.05, 4.69) is 30.6 Å². The monoisotopic (exact) mass is 484 g/mol. The van der Waals surface area contributed by atoms with Crippen LogP contribution in [0.15, 0.2) is 0 Å². The van der Waals surface area contributed by atoms with Gasteiger partial charge in [0.15, 0.2) is 0 Å². The Hall–Kier alpha value is -1.28. The molecule has 13 atom stereocenters. The fraction of sp³-hybridized carbons (Fsp3) is 0.833. The van der Waals surface area contributed by atoms with Crippen LogP contribution in [0, 0.1) is 41.4 Å². The Labute approximate surface area is 199 Å². The minimum Gasteiger partial charge on any atom is -0.394 e. The molecule has 1 aliphatic carbocycles. The molecule has 10 heteroatoms. The first-order chi connectivity index (χ1) is 16.2. The van der Waals surface area contributed by atoms with Crippen molar-refractivity contribution >= 4 is 0 Å². The summed E-state index contributed by atoms with van der Waals surface area (Å²) >= 11 is 0. The van der Waals surface area contributed by atoms with Gasteiger partial charge in [0.05, 0.1) is 13.2 Å². The maximum atomic E-state index is 10.2. The third kappa shape index (κ3) is 6.28. The standard InChI is InChI=1S/C24H36O10/c1-12-2-3-13(4-6-15-19(27)23(31)21(29)17(10-25)33-15)9-14(8-12)5-7-16-20(28)24(32)22(30)18(11-26)34-16/h12-32H,2-3,8-11H2,1H3/t12?,13?,14?,15-,16-,17-,18-,19-,20-,21-,22-,23-,24-/m1/s1. The van der Waals surface area contributed by atoms with Crippen LogP contribution in [0.25, 0.3) is 0 Å². The lowest BCUT2D eigenvalue weighted by molar-refractivity contribution is -0.214. The SMILES string of the molecule is CC1CCC(C#C[C@H]2O[C@H](CO)[C@@H](O)[C@H](O)[C@@H]2O)CC(C#C[C@H]2O[C@H](CO)[C@@H](O)[C@H](O)[C@@H]2O)C1. The molecule has 8 N–H and O–H groups in total. The Morgan fingerprint density at radius 2 is 1.06 bits per heavy atom. The largest absolute Gasteiger partial charge is 0.394 e. The smallest absolute Gasteiger partial charge is 0.147 e. The van der Waals surface area contributed by atoms with E-state index in [9.17, 15) is 40.9 Å². The van der Waals surface area contributed by atoms with Crippen LogP contribution in [0.4, 0.5) is 0 Å². The summed E-state index contributed by atoms with van der Waals surface area (Å²) in [6, 6.07) is 0. The molecule has 0 bridgehead atoms. The molecular weight excluding hydrogens is 448 g/mol. The molecule has 2 saturated heterocycles. The van der Waals surface area contributed by atoms with Crippen LogP contribution >= 0.6 is 0 Å². The third-order valence-corrected chi connectivity index (χ3v) is 6.91. The van der Waals surface area contributed by atoms with Crippen molar-refractivity contribution in [2.75, 3.05) is 13.2 Å². The first-order valence-corrected chi connectivity index (χ1v) is 11.8. The Balaban J connectivity index is 1.70. The van der Waals surface area contributed by atoms with Gasteiger partial charge in [0.1, 0.15) is 61.0 Å². The minimum absolute atomic E-state index is 0.0774. The first-order valence-electron chi connectivity index (χ1n) is 11.8. The summed E-state index contributed by atoms with van der Waals surface area (Å²) in [5.74, 6) is 12.1. The molecule has 0 radical (unpaired) electrons. The summed E-state index contributed by atoms with van der Waals surface area (Å²) in [5, 5.41) is 78.8. The number of hydrogen-bond donors (Lipinski definition) is 8. The predicted molar refractivity (Wildman–Crippen MR) is 118 cm³/mol. The predicted octanol–water partition coefficient (Wildman–Crippen LogP) is -2.88.